The zero-order valence-electron chi connectivity index (χ0n) is 5.82. The molecular formula is C6H5ClN2O3. The second-order valence-electron chi connectivity index (χ2n) is 2.03. The summed E-state index contributed by atoms with van der Waals surface area (Å²) in [5.41, 5.74) is 1.93. The normalized spacial score (nSPS) is 9.50. The van der Waals surface area contributed by atoms with Crippen molar-refractivity contribution in [3.8, 4) is 0 Å². The summed E-state index contributed by atoms with van der Waals surface area (Å²) in [4.78, 5) is 9.65. The molecule has 0 aliphatic heterocycles. The van der Waals surface area contributed by atoms with E-state index in [1.54, 1.807) is 5.48 Å². The van der Waals surface area contributed by atoms with Crippen molar-refractivity contribution in [2.75, 3.05) is 5.48 Å². The molecule has 0 aliphatic rings. The number of halogens is 1. The van der Waals surface area contributed by atoms with Crippen LogP contribution in [0.3, 0.4) is 0 Å². The van der Waals surface area contributed by atoms with Crippen molar-refractivity contribution in [3.63, 3.8) is 0 Å². The van der Waals surface area contributed by atoms with Crippen LogP contribution in [0.25, 0.3) is 0 Å². The Labute approximate surface area is 72.7 Å². The lowest BCUT2D eigenvalue weighted by Gasteiger charge is -1.99. The molecule has 64 valence electrons. The Bertz CT molecular complexity index is 316. The van der Waals surface area contributed by atoms with Crippen LogP contribution in [0.5, 0.6) is 0 Å². The van der Waals surface area contributed by atoms with Gasteiger partial charge in [0.05, 0.1) is 15.6 Å². The van der Waals surface area contributed by atoms with Crippen LogP contribution in [0.1, 0.15) is 0 Å². The number of nitro groups is 1. The van der Waals surface area contributed by atoms with Crippen LogP contribution in [0.4, 0.5) is 11.4 Å². The van der Waals surface area contributed by atoms with Crippen molar-refractivity contribution in [1.29, 1.82) is 0 Å². The third-order valence-corrected chi connectivity index (χ3v) is 1.60. The Hall–Kier alpha value is -1.33. The summed E-state index contributed by atoms with van der Waals surface area (Å²) in [6, 6.07) is 3.71. The fourth-order valence-corrected chi connectivity index (χ4v) is 0.925. The van der Waals surface area contributed by atoms with E-state index in [4.69, 9.17) is 16.8 Å². The van der Waals surface area contributed by atoms with Gasteiger partial charge in [0.2, 0.25) is 0 Å². The lowest BCUT2D eigenvalue weighted by molar-refractivity contribution is -0.384. The van der Waals surface area contributed by atoms with Gasteiger partial charge in [0.25, 0.3) is 5.69 Å². The highest BCUT2D eigenvalue weighted by Gasteiger charge is 2.07. The van der Waals surface area contributed by atoms with E-state index in [2.05, 4.69) is 0 Å². The number of rotatable bonds is 2. The van der Waals surface area contributed by atoms with E-state index in [0.29, 0.717) is 0 Å². The number of hydrogen-bond acceptors (Lipinski definition) is 4. The monoisotopic (exact) mass is 188 g/mol. The van der Waals surface area contributed by atoms with Gasteiger partial charge in [-0.15, -0.1) is 0 Å². The molecule has 0 heterocycles. The average molecular weight is 189 g/mol. The van der Waals surface area contributed by atoms with E-state index in [1.165, 1.54) is 12.1 Å². The Morgan fingerprint density at radius 2 is 2.25 bits per heavy atom. The number of benzene rings is 1. The number of nitrogens with zero attached hydrogens (tertiary/aromatic N) is 1. The van der Waals surface area contributed by atoms with Crippen molar-refractivity contribution < 1.29 is 10.1 Å². The van der Waals surface area contributed by atoms with E-state index in [0.717, 1.165) is 6.07 Å². The van der Waals surface area contributed by atoms with Gasteiger partial charge >= 0.3 is 0 Å². The molecule has 0 bridgehead atoms. The van der Waals surface area contributed by atoms with Crippen molar-refractivity contribution in [2.45, 2.75) is 0 Å². The van der Waals surface area contributed by atoms with Gasteiger partial charge in [-0.25, -0.2) is 0 Å². The van der Waals surface area contributed by atoms with Crippen LogP contribution >= 0.6 is 11.6 Å². The predicted octanol–water partition coefficient (Wildman–Crippen LogP) is 2.05. The summed E-state index contributed by atoms with van der Waals surface area (Å²) in [5, 5.41) is 18.8. The topological polar surface area (TPSA) is 75.4 Å². The van der Waals surface area contributed by atoms with Crippen molar-refractivity contribution >= 4 is 23.0 Å². The van der Waals surface area contributed by atoms with Crippen LogP contribution in [0.15, 0.2) is 18.2 Å². The minimum atomic E-state index is -0.562. The highest BCUT2D eigenvalue weighted by Crippen LogP contribution is 2.25. The van der Waals surface area contributed by atoms with Crippen LogP contribution in [-0.4, -0.2) is 10.1 Å². The van der Waals surface area contributed by atoms with Crippen LogP contribution < -0.4 is 5.48 Å². The maximum atomic E-state index is 10.2. The Balaban J connectivity index is 3.10. The quantitative estimate of drug-likeness (QED) is 0.550. The van der Waals surface area contributed by atoms with Gasteiger partial charge in [-0.2, -0.15) is 0 Å². The molecule has 0 aliphatic carbocycles. The number of nitro benzene ring substituents is 1. The molecule has 1 rings (SSSR count). The highest BCUT2D eigenvalue weighted by molar-refractivity contribution is 6.33. The smallest absolute Gasteiger partial charge is 0.271 e. The second-order valence-corrected chi connectivity index (χ2v) is 2.44. The molecule has 0 unspecified atom stereocenters. The van der Waals surface area contributed by atoms with Gasteiger partial charge in [0.1, 0.15) is 0 Å². The number of nitrogens with one attached hydrogen (secondary N) is 1. The second kappa shape index (κ2) is 3.38. The molecule has 0 saturated heterocycles. The molecule has 0 radical (unpaired) electrons. The van der Waals surface area contributed by atoms with E-state index < -0.39 is 4.92 Å². The van der Waals surface area contributed by atoms with Gasteiger partial charge in [-0.1, -0.05) is 11.6 Å². The first-order chi connectivity index (χ1) is 5.65. The van der Waals surface area contributed by atoms with Gasteiger partial charge in [0, 0.05) is 12.1 Å². The minimum Gasteiger partial charge on any atom is -0.291 e. The molecule has 6 heteroatoms. The zero-order valence-corrected chi connectivity index (χ0v) is 6.58. The molecule has 0 saturated carbocycles. The van der Waals surface area contributed by atoms with Gasteiger partial charge < -0.3 is 0 Å². The summed E-state index contributed by atoms with van der Waals surface area (Å²) in [7, 11) is 0. The number of hydrogen-bond donors (Lipinski definition) is 2. The Morgan fingerprint density at radius 3 is 2.67 bits per heavy atom. The van der Waals surface area contributed by atoms with Crippen LogP contribution in [0, 0.1) is 10.1 Å². The Kier molecular flexibility index (Phi) is 2.47. The summed E-state index contributed by atoms with van der Waals surface area (Å²) in [6.45, 7) is 0. The molecule has 5 nitrogen and oxygen atoms in total. The maximum absolute atomic E-state index is 10.2. The van der Waals surface area contributed by atoms with Crippen LogP contribution in [-0.2, 0) is 0 Å². The molecule has 0 amide bonds. The van der Waals surface area contributed by atoms with Gasteiger partial charge in [0.15, 0.2) is 0 Å². The SMILES string of the molecule is O=[N+]([O-])c1ccc(NO)c(Cl)c1. The zero-order chi connectivity index (χ0) is 9.14. The van der Waals surface area contributed by atoms with Crippen LogP contribution in [0.2, 0.25) is 5.02 Å². The molecule has 12 heavy (non-hydrogen) atoms. The number of non-ortho nitro benzene ring substituents is 1. The average Bonchev–Trinajstić information content (AvgIpc) is 2.04. The Morgan fingerprint density at radius 1 is 1.58 bits per heavy atom. The summed E-state index contributed by atoms with van der Waals surface area (Å²) in [6.07, 6.45) is 0. The van der Waals surface area contributed by atoms with Gasteiger partial charge in [-0.05, 0) is 6.07 Å². The molecule has 0 fully saturated rings. The molecule has 1 aromatic rings. The lowest BCUT2D eigenvalue weighted by Crippen LogP contribution is -1.92. The summed E-state index contributed by atoms with van der Waals surface area (Å²) < 4.78 is 0. The summed E-state index contributed by atoms with van der Waals surface area (Å²) >= 11 is 5.55. The lowest BCUT2D eigenvalue weighted by atomic mass is 10.3. The van der Waals surface area contributed by atoms with Crippen molar-refractivity contribution in [2.24, 2.45) is 0 Å². The molecule has 2 N–H and O–H groups in total. The van der Waals surface area contributed by atoms with E-state index in [9.17, 15) is 10.1 Å². The maximum Gasteiger partial charge on any atom is 0.271 e. The first-order valence-corrected chi connectivity index (χ1v) is 3.37. The van der Waals surface area contributed by atoms with Gasteiger partial charge in [-0.3, -0.25) is 20.8 Å². The van der Waals surface area contributed by atoms with E-state index in [-0.39, 0.29) is 16.4 Å². The fraction of sp³-hybridized carbons (Fsp3) is 0. The minimum absolute atomic E-state index is 0.103. The largest absolute Gasteiger partial charge is 0.291 e. The molecule has 0 aromatic heterocycles. The third kappa shape index (κ3) is 1.63. The van der Waals surface area contributed by atoms with Crippen molar-refractivity contribution in [1.82, 2.24) is 0 Å². The van der Waals surface area contributed by atoms with E-state index >= 15 is 0 Å². The molecule has 0 atom stereocenters. The number of anilines is 1. The molecular weight excluding hydrogens is 184 g/mol. The predicted molar refractivity (Wildman–Crippen MR) is 43.5 cm³/mol. The highest BCUT2D eigenvalue weighted by atomic mass is 35.5. The fourth-order valence-electron chi connectivity index (χ4n) is 0.708. The molecule has 1 aromatic carbocycles. The summed E-state index contributed by atoms with van der Waals surface area (Å²) in [5.74, 6) is 0. The first-order valence-electron chi connectivity index (χ1n) is 2.99. The van der Waals surface area contributed by atoms with Crippen molar-refractivity contribution in [3.05, 3.63) is 33.3 Å². The molecule has 0 spiro atoms. The van der Waals surface area contributed by atoms with E-state index in [1.807, 2.05) is 0 Å². The first kappa shape index (κ1) is 8.76. The third-order valence-electron chi connectivity index (χ3n) is 1.28. The standard InChI is InChI=1S/C6H5ClN2O3/c7-5-3-4(9(11)12)1-2-6(5)8-10/h1-3,8,10H.